The SMILES string of the molecule is CC(C)c1ccc(N(c2ccc3cc4c(cc3c2)oc2cc3oc5cc6cc(N(c7ccc(C(C)C)cc7)c7ccc8c(c7)oc7ccccc78)ccc6cc5c3cc24)c2ccc3c(c2)oc2ccccc23)cc1. The number of para-hydroxylation sites is 2. The van der Waals surface area contributed by atoms with Crippen LogP contribution in [-0.2, 0) is 0 Å². The molecule has 0 radical (unpaired) electrons. The molecule has 0 spiro atoms. The van der Waals surface area contributed by atoms with Gasteiger partial charge in [-0.25, -0.2) is 0 Å². The molecule has 0 atom stereocenters. The summed E-state index contributed by atoms with van der Waals surface area (Å²) in [5.74, 6) is 0.864. The van der Waals surface area contributed by atoms with Crippen molar-refractivity contribution in [1.29, 1.82) is 0 Å². The molecule has 0 amide bonds. The Morgan fingerprint density at radius 3 is 1.03 bits per heavy atom. The standard InChI is InChI=1S/C68H48N2O4/c1-39(2)41-13-19-47(20-14-41)69(51-25-27-55-53-9-5-7-11-61(53)71-65(55)35-51)49-23-17-43-31-57-59-37-60-58-32-44-18-24-50(30-46(44)34-64(58)74-68(60)38-67(59)73-63(57)33-45(43)29-49)70(48-21-15-42(16-22-48)40(3)4)52-26-28-56-54-10-6-8-12-62(54)72-66(56)36-52/h5-40H,1-4H3. The number of hydrogen-bond donors (Lipinski definition) is 0. The van der Waals surface area contributed by atoms with Gasteiger partial charge >= 0.3 is 0 Å². The van der Waals surface area contributed by atoms with Crippen LogP contribution in [0.5, 0.6) is 0 Å². The maximum atomic E-state index is 6.72. The Labute approximate surface area is 425 Å². The molecule has 15 aromatic rings. The molecule has 15 rings (SSSR count). The van der Waals surface area contributed by atoms with Crippen LogP contribution in [0, 0.1) is 0 Å². The molecule has 354 valence electrons. The van der Waals surface area contributed by atoms with E-state index >= 15 is 0 Å². The molecule has 0 aliphatic rings. The highest BCUT2D eigenvalue weighted by Crippen LogP contribution is 2.45. The average molecular weight is 957 g/mol. The number of furan rings is 4. The first-order valence-corrected chi connectivity index (χ1v) is 25.6. The molecule has 4 heterocycles. The second kappa shape index (κ2) is 16.1. The molecule has 0 aliphatic heterocycles. The van der Waals surface area contributed by atoms with Crippen LogP contribution in [0.15, 0.2) is 224 Å². The van der Waals surface area contributed by atoms with Crippen molar-refractivity contribution >= 4 is 143 Å². The zero-order valence-electron chi connectivity index (χ0n) is 41.3. The van der Waals surface area contributed by atoms with Crippen LogP contribution in [0.3, 0.4) is 0 Å². The summed E-state index contributed by atoms with van der Waals surface area (Å²) < 4.78 is 26.2. The Balaban J connectivity index is 0.812. The Bertz CT molecular complexity index is 4440. The summed E-state index contributed by atoms with van der Waals surface area (Å²) in [7, 11) is 0. The van der Waals surface area contributed by atoms with Crippen LogP contribution in [0.4, 0.5) is 34.1 Å². The Kier molecular flexibility index (Phi) is 9.24. The fraction of sp³-hybridized carbons (Fsp3) is 0.0882. The van der Waals surface area contributed by atoms with E-state index in [-0.39, 0.29) is 0 Å². The first kappa shape index (κ1) is 42.4. The average Bonchev–Trinajstić information content (AvgIpc) is 4.18. The van der Waals surface area contributed by atoms with Gasteiger partial charge in [0.1, 0.15) is 44.7 Å². The lowest BCUT2D eigenvalue weighted by molar-refractivity contribution is 0.656. The summed E-state index contributed by atoms with van der Waals surface area (Å²) in [6.45, 7) is 8.92. The van der Waals surface area contributed by atoms with E-state index in [1.165, 1.54) is 11.1 Å². The summed E-state index contributed by atoms with van der Waals surface area (Å²) >= 11 is 0. The van der Waals surface area contributed by atoms with Crippen molar-refractivity contribution in [2.45, 2.75) is 39.5 Å². The first-order valence-electron chi connectivity index (χ1n) is 25.6. The van der Waals surface area contributed by atoms with Gasteiger partial charge in [0.15, 0.2) is 0 Å². The second-order valence-electron chi connectivity index (χ2n) is 20.5. The lowest BCUT2D eigenvalue weighted by Crippen LogP contribution is -2.10. The molecule has 74 heavy (non-hydrogen) atoms. The lowest BCUT2D eigenvalue weighted by Gasteiger charge is -2.26. The molecule has 4 aromatic heterocycles. The van der Waals surface area contributed by atoms with Crippen molar-refractivity contribution in [2.75, 3.05) is 9.80 Å². The molecule has 0 bridgehead atoms. The van der Waals surface area contributed by atoms with Crippen molar-refractivity contribution in [3.8, 4) is 0 Å². The highest BCUT2D eigenvalue weighted by Gasteiger charge is 2.21. The van der Waals surface area contributed by atoms with Gasteiger partial charge in [-0.05, 0) is 160 Å². The van der Waals surface area contributed by atoms with E-state index in [0.717, 1.165) is 143 Å². The minimum atomic E-state index is 0.432. The van der Waals surface area contributed by atoms with Crippen LogP contribution in [0.25, 0.3) is 109 Å². The Morgan fingerprint density at radius 2 is 0.581 bits per heavy atom. The summed E-state index contributed by atoms with van der Waals surface area (Å²) in [5.41, 5.74) is 15.6. The van der Waals surface area contributed by atoms with Crippen LogP contribution in [0.1, 0.15) is 50.7 Å². The van der Waals surface area contributed by atoms with Gasteiger partial charge in [-0.15, -0.1) is 0 Å². The van der Waals surface area contributed by atoms with Crippen molar-refractivity contribution in [2.24, 2.45) is 0 Å². The minimum Gasteiger partial charge on any atom is -0.456 e. The molecule has 11 aromatic carbocycles. The molecule has 0 unspecified atom stereocenters. The lowest BCUT2D eigenvalue weighted by atomic mass is 10.0. The van der Waals surface area contributed by atoms with E-state index in [4.69, 9.17) is 17.7 Å². The normalized spacial score (nSPS) is 12.3. The van der Waals surface area contributed by atoms with Gasteiger partial charge in [0.2, 0.25) is 0 Å². The van der Waals surface area contributed by atoms with Gasteiger partial charge in [0.25, 0.3) is 0 Å². The molecule has 6 nitrogen and oxygen atoms in total. The summed E-state index contributed by atoms with van der Waals surface area (Å²) in [6.07, 6.45) is 0. The quantitative estimate of drug-likeness (QED) is 0.151. The van der Waals surface area contributed by atoms with Gasteiger partial charge in [-0.1, -0.05) is 100 Å². The van der Waals surface area contributed by atoms with Crippen molar-refractivity contribution in [1.82, 2.24) is 0 Å². The predicted octanol–water partition coefficient (Wildman–Crippen LogP) is 20.8. The maximum Gasteiger partial charge on any atom is 0.139 e. The fourth-order valence-corrected chi connectivity index (χ4v) is 11.4. The molecular weight excluding hydrogens is 909 g/mol. The summed E-state index contributed by atoms with van der Waals surface area (Å²) in [5, 5.41) is 13.1. The summed E-state index contributed by atoms with van der Waals surface area (Å²) in [4.78, 5) is 4.63. The van der Waals surface area contributed by atoms with Crippen molar-refractivity contribution in [3.05, 3.63) is 217 Å². The minimum absolute atomic E-state index is 0.432. The molecule has 0 saturated carbocycles. The molecule has 0 fully saturated rings. The van der Waals surface area contributed by atoms with Crippen molar-refractivity contribution in [3.63, 3.8) is 0 Å². The zero-order valence-corrected chi connectivity index (χ0v) is 41.3. The number of rotatable bonds is 8. The molecule has 0 saturated heterocycles. The Hall–Kier alpha value is -9.26. The highest BCUT2D eigenvalue weighted by atomic mass is 16.3. The van der Waals surface area contributed by atoms with Crippen LogP contribution < -0.4 is 9.80 Å². The Morgan fingerprint density at radius 1 is 0.243 bits per heavy atom. The van der Waals surface area contributed by atoms with E-state index in [1.807, 2.05) is 24.3 Å². The van der Waals surface area contributed by atoms with Gasteiger partial charge in [0.05, 0.1) is 0 Å². The third-order valence-corrected chi connectivity index (χ3v) is 15.3. The smallest absolute Gasteiger partial charge is 0.139 e. The molecule has 0 N–H and O–H groups in total. The maximum absolute atomic E-state index is 6.72. The van der Waals surface area contributed by atoms with Gasteiger partial charge in [0, 0.05) is 95.4 Å². The number of hydrogen-bond acceptors (Lipinski definition) is 6. The zero-order chi connectivity index (χ0) is 49.3. The second-order valence-corrected chi connectivity index (χ2v) is 20.5. The van der Waals surface area contributed by atoms with Crippen LogP contribution >= 0.6 is 0 Å². The van der Waals surface area contributed by atoms with Crippen molar-refractivity contribution < 1.29 is 17.7 Å². The number of nitrogens with zero attached hydrogens (tertiary/aromatic N) is 2. The first-order chi connectivity index (χ1) is 36.2. The van der Waals surface area contributed by atoms with E-state index in [9.17, 15) is 0 Å². The molecule has 6 heteroatoms. The van der Waals surface area contributed by atoms with E-state index < -0.39 is 0 Å². The largest absolute Gasteiger partial charge is 0.456 e. The highest BCUT2D eigenvalue weighted by molar-refractivity contribution is 6.19. The van der Waals surface area contributed by atoms with Gasteiger partial charge in [-0.2, -0.15) is 0 Å². The molecular formula is C68H48N2O4. The van der Waals surface area contributed by atoms with Crippen LogP contribution in [-0.4, -0.2) is 0 Å². The third-order valence-electron chi connectivity index (χ3n) is 15.3. The summed E-state index contributed by atoms with van der Waals surface area (Å²) in [6, 6.07) is 73.9. The van der Waals surface area contributed by atoms with E-state index in [0.29, 0.717) is 11.8 Å². The predicted molar refractivity (Wildman–Crippen MR) is 308 cm³/mol. The van der Waals surface area contributed by atoms with E-state index in [2.05, 4.69) is 219 Å². The topological polar surface area (TPSA) is 59.0 Å². The third kappa shape index (κ3) is 6.71. The van der Waals surface area contributed by atoms with Gasteiger partial charge in [-0.3, -0.25) is 0 Å². The van der Waals surface area contributed by atoms with Crippen LogP contribution in [0.2, 0.25) is 0 Å². The fourth-order valence-electron chi connectivity index (χ4n) is 11.4. The monoisotopic (exact) mass is 956 g/mol. The number of fused-ring (bicyclic) bond motifs is 14. The number of benzene rings is 11. The number of anilines is 6. The molecule has 0 aliphatic carbocycles. The van der Waals surface area contributed by atoms with E-state index in [1.54, 1.807) is 0 Å². The van der Waals surface area contributed by atoms with Gasteiger partial charge < -0.3 is 27.5 Å².